The second-order valence-electron chi connectivity index (χ2n) is 5.41. The zero-order valence-corrected chi connectivity index (χ0v) is 13.9. The monoisotopic (exact) mass is 366 g/mol. The molecule has 2 N–H and O–H groups in total. The first-order valence-electron chi connectivity index (χ1n) is 7.65. The van der Waals surface area contributed by atoms with Crippen LogP contribution in [0.2, 0.25) is 0 Å². The maximum atomic E-state index is 12.4. The predicted molar refractivity (Wildman–Crippen MR) is 89.7 cm³/mol. The van der Waals surface area contributed by atoms with Gasteiger partial charge in [0.15, 0.2) is 0 Å². The second-order valence-corrected chi connectivity index (χ2v) is 5.41. The lowest BCUT2D eigenvalue weighted by atomic mass is 10.1. The zero-order chi connectivity index (χ0) is 19.2. The molecule has 0 atom stereocenters. The highest BCUT2D eigenvalue weighted by Gasteiger charge is 2.38. The highest BCUT2D eigenvalue weighted by molar-refractivity contribution is 5.95. The molecule has 2 aromatic carbocycles. The molecule has 5 nitrogen and oxygen atoms in total. The van der Waals surface area contributed by atoms with Gasteiger partial charge in [0.05, 0.1) is 13.5 Å². The Morgan fingerprint density at radius 1 is 1.04 bits per heavy atom. The van der Waals surface area contributed by atoms with Gasteiger partial charge in [0.1, 0.15) is 5.75 Å². The Labute approximate surface area is 148 Å². The minimum atomic E-state index is -4.98. The van der Waals surface area contributed by atoms with Gasteiger partial charge in [-0.1, -0.05) is 30.3 Å². The molecule has 0 spiro atoms. The molecule has 0 heterocycles. The van der Waals surface area contributed by atoms with Crippen LogP contribution in [0.1, 0.15) is 11.1 Å². The SMILES string of the molecule is COc1ccc(CC(=O)NCc2ccccc2NC(=O)C(F)(F)F)cc1. The van der Waals surface area contributed by atoms with E-state index in [0.29, 0.717) is 11.3 Å². The van der Waals surface area contributed by atoms with Gasteiger partial charge < -0.3 is 15.4 Å². The molecule has 0 bridgehead atoms. The number of halogens is 3. The predicted octanol–water partition coefficient (Wildman–Crippen LogP) is 3.05. The lowest BCUT2D eigenvalue weighted by Gasteiger charge is -2.13. The topological polar surface area (TPSA) is 67.4 Å². The van der Waals surface area contributed by atoms with E-state index in [4.69, 9.17) is 4.74 Å². The Morgan fingerprint density at radius 2 is 1.69 bits per heavy atom. The van der Waals surface area contributed by atoms with Gasteiger partial charge in [-0.2, -0.15) is 13.2 Å². The van der Waals surface area contributed by atoms with E-state index in [9.17, 15) is 22.8 Å². The van der Waals surface area contributed by atoms with E-state index in [2.05, 4.69) is 5.32 Å². The summed E-state index contributed by atoms with van der Waals surface area (Å²) >= 11 is 0. The third-order valence-electron chi connectivity index (χ3n) is 3.52. The largest absolute Gasteiger partial charge is 0.497 e. The maximum Gasteiger partial charge on any atom is 0.471 e. The number of para-hydroxylation sites is 1. The number of methoxy groups -OCH3 is 1. The van der Waals surface area contributed by atoms with E-state index in [1.54, 1.807) is 30.3 Å². The first kappa shape index (κ1) is 19.3. The van der Waals surface area contributed by atoms with Gasteiger partial charge in [0.25, 0.3) is 0 Å². The molecule has 138 valence electrons. The van der Waals surface area contributed by atoms with E-state index in [-0.39, 0.29) is 24.6 Å². The maximum absolute atomic E-state index is 12.4. The summed E-state index contributed by atoms with van der Waals surface area (Å²) in [4.78, 5) is 23.1. The third-order valence-corrected chi connectivity index (χ3v) is 3.52. The van der Waals surface area contributed by atoms with Gasteiger partial charge in [-0.05, 0) is 29.3 Å². The highest BCUT2D eigenvalue weighted by atomic mass is 19.4. The average molecular weight is 366 g/mol. The van der Waals surface area contributed by atoms with E-state index >= 15 is 0 Å². The summed E-state index contributed by atoms with van der Waals surface area (Å²) in [5.41, 5.74) is 1.13. The smallest absolute Gasteiger partial charge is 0.471 e. The molecule has 26 heavy (non-hydrogen) atoms. The first-order valence-corrected chi connectivity index (χ1v) is 7.65. The number of anilines is 1. The molecule has 0 aliphatic carbocycles. The molecular formula is C18H17F3N2O3. The van der Waals surface area contributed by atoms with E-state index in [1.807, 2.05) is 5.32 Å². The minimum absolute atomic E-state index is 0.000396. The number of rotatable bonds is 6. The lowest BCUT2D eigenvalue weighted by Crippen LogP contribution is -2.31. The van der Waals surface area contributed by atoms with Gasteiger partial charge in [-0.25, -0.2) is 0 Å². The van der Waals surface area contributed by atoms with Crippen molar-refractivity contribution in [2.75, 3.05) is 12.4 Å². The van der Waals surface area contributed by atoms with Gasteiger partial charge in [-0.3, -0.25) is 9.59 Å². The molecule has 0 fully saturated rings. The standard InChI is InChI=1S/C18H17F3N2O3/c1-26-14-8-6-12(7-9-14)10-16(24)22-11-13-4-2-3-5-15(13)23-17(25)18(19,20)21/h2-9H,10-11H2,1H3,(H,22,24)(H,23,25). The van der Waals surface area contributed by atoms with Gasteiger partial charge >= 0.3 is 12.1 Å². The molecule has 0 aliphatic heterocycles. The summed E-state index contributed by atoms with van der Waals surface area (Å²) in [7, 11) is 1.54. The van der Waals surface area contributed by atoms with Crippen LogP contribution in [0.25, 0.3) is 0 Å². The summed E-state index contributed by atoms with van der Waals surface area (Å²) in [6, 6.07) is 12.9. The van der Waals surface area contributed by atoms with Crippen LogP contribution in [0.5, 0.6) is 5.75 Å². The highest BCUT2D eigenvalue weighted by Crippen LogP contribution is 2.21. The van der Waals surface area contributed by atoms with Crippen molar-refractivity contribution in [2.24, 2.45) is 0 Å². The number of carbonyl (C=O) groups excluding carboxylic acids is 2. The third kappa shape index (κ3) is 5.51. The lowest BCUT2D eigenvalue weighted by molar-refractivity contribution is -0.167. The van der Waals surface area contributed by atoms with Gasteiger partial charge in [0.2, 0.25) is 5.91 Å². The molecule has 0 saturated heterocycles. The first-order chi connectivity index (χ1) is 12.3. The fourth-order valence-corrected chi connectivity index (χ4v) is 2.17. The summed E-state index contributed by atoms with van der Waals surface area (Å²) < 4.78 is 42.2. The summed E-state index contributed by atoms with van der Waals surface area (Å²) in [5, 5.41) is 4.43. The quantitative estimate of drug-likeness (QED) is 0.826. The molecule has 0 saturated carbocycles. The fraction of sp³-hybridized carbons (Fsp3) is 0.222. The number of amides is 2. The second kappa shape index (κ2) is 8.37. The summed E-state index contributed by atoms with van der Waals surface area (Å²) in [6.45, 7) is -0.0106. The van der Waals surface area contributed by atoms with Crippen molar-refractivity contribution in [3.05, 3.63) is 59.7 Å². The molecule has 2 aromatic rings. The Balaban J connectivity index is 1.96. The number of carbonyl (C=O) groups is 2. The molecule has 8 heteroatoms. The average Bonchev–Trinajstić information content (AvgIpc) is 2.61. The van der Waals surface area contributed by atoms with Crippen LogP contribution in [0.4, 0.5) is 18.9 Å². The fourth-order valence-electron chi connectivity index (χ4n) is 2.17. The summed E-state index contributed by atoms with van der Waals surface area (Å²) in [5.74, 6) is -1.69. The Bertz CT molecular complexity index is 774. The molecule has 0 radical (unpaired) electrons. The molecule has 2 rings (SSSR count). The van der Waals surface area contributed by atoms with Crippen molar-refractivity contribution >= 4 is 17.5 Å². The van der Waals surface area contributed by atoms with Crippen LogP contribution < -0.4 is 15.4 Å². The zero-order valence-electron chi connectivity index (χ0n) is 13.9. The molecule has 0 aromatic heterocycles. The van der Waals surface area contributed by atoms with Crippen molar-refractivity contribution < 1.29 is 27.5 Å². The molecule has 2 amide bonds. The van der Waals surface area contributed by atoms with Crippen molar-refractivity contribution in [1.29, 1.82) is 0 Å². The van der Waals surface area contributed by atoms with Crippen LogP contribution >= 0.6 is 0 Å². The van der Waals surface area contributed by atoms with Crippen LogP contribution in [0.15, 0.2) is 48.5 Å². The van der Waals surface area contributed by atoms with Crippen molar-refractivity contribution in [3.8, 4) is 5.75 Å². The number of hydrogen-bond acceptors (Lipinski definition) is 3. The van der Waals surface area contributed by atoms with Crippen LogP contribution in [-0.2, 0) is 22.6 Å². The van der Waals surface area contributed by atoms with E-state index in [1.165, 1.54) is 25.3 Å². The van der Waals surface area contributed by atoms with Crippen molar-refractivity contribution in [3.63, 3.8) is 0 Å². The summed E-state index contributed by atoms with van der Waals surface area (Å²) in [6.07, 6.45) is -4.87. The molecular weight excluding hydrogens is 349 g/mol. The van der Waals surface area contributed by atoms with Crippen LogP contribution in [0.3, 0.4) is 0 Å². The van der Waals surface area contributed by atoms with Crippen molar-refractivity contribution in [1.82, 2.24) is 5.32 Å². The van der Waals surface area contributed by atoms with E-state index < -0.39 is 12.1 Å². The normalized spacial score (nSPS) is 10.9. The van der Waals surface area contributed by atoms with E-state index in [0.717, 1.165) is 5.56 Å². The number of hydrogen-bond donors (Lipinski definition) is 2. The van der Waals surface area contributed by atoms with Crippen LogP contribution in [-0.4, -0.2) is 25.1 Å². The van der Waals surface area contributed by atoms with Crippen molar-refractivity contribution in [2.45, 2.75) is 19.1 Å². The Kier molecular flexibility index (Phi) is 6.21. The molecule has 0 unspecified atom stereocenters. The Hall–Kier alpha value is -3.03. The van der Waals surface area contributed by atoms with Gasteiger partial charge in [-0.15, -0.1) is 0 Å². The van der Waals surface area contributed by atoms with Gasteiger partial charge in [0, 0.05) is 12.2 Å². The minimum Gasteiger partial charge on any atom is -0.497 e. The van der Waals surface area contributed by atoms with Crippen LogP contribution in [0, 0.1) is 0 Å². The molecule has 0 aliphatic rings. The number of benzene rings is 2. The Morgan fingerprint density at radius 3 is 2.31 bits per heavy atom. The number of ether oxygens (including phenoxy) is 1. The number of alkyl halides is 3. The number of nitrogens with one attached hydrogen (secondary N) is 2.